The van der Waals surface area contributed by atoms with Crippen LogP contribution in [0.15, 0.2) is 30.3 Å². The maximum atomic E-state index is 12.3. The maximum absolute atomic E-state index is 12.3. The van der Waals surface area contributed by atoms with Gasteiger partial charge in [0.25, 0.3) is 0 Å². The summed E-state index contributed by atoms with van der Waals surface area (Å²) in [5.74, 6) is 0. The topological polar surface area (TPSA) is 62.3 Å². The lowest BCUT2D eigenvalue weighted by atomic mass is 9.87. The van der Waals surface area contributed by atoms with Crippen molar-refractivity contribution in [1.29, 1.82) is 0 Å². The number of rotatable bonds is 4. The molecule has 2 amide bonds. The molecule has 152 valence electrons. The molecule has 3 saturated heterocycles. The molecule has 7 nitrogen and oxygen atoms in total. The number of piperazine rings is 1. The number of piperidine rings is 1. The minimum absolute atomic E-state index is 0.187. The van der Waals surface area contributed by atoms with Crippen molar-refractivity contribution in [1.82, 2.24) is 14.7 Å². The van der Waals surface area contributed by atoms with Crippen LogP contribution in [0.5, 0.6) is 0 Å². The molecule has 4 rings (SSSR count). The summed E-state index contributed by atoms with van der Waals surface area (Å²) in [6.07, 6.45) is 2.29. The van der Waals surface area contributed by atoms with Gasteiger partial charge in [-0.1, -0.05) is 30.3 Å². The third-order valence-corrected chi connectivity index (χ3v) is 6.25. The van der Waals surface area contributed by atoms with E-state index in [9.17, 15) is 9.59 Å². The third-order valence-electron chi connectivity index (χ3n) is 6.25. The van der Waals surface area contributed by atoms with Crippen molar-refractivity contribution >= 4 is 12.2 Å². The van der Waals surface area contributed by atoms with Gasteiger partial charge in [0.2, 0.25) is 0 Å². The fourth-order valence-corrected chi connectivity index (χ4v) is 4.81. The number of hydrogen-bond donors (Lipinski definition) is 0. The molecule has 1 aromatic carbocycles. The largest absolute Gasteiger partial charge is 0.450 e. The highest BCUT2D eigenvalue weighted by Gasteiger charge is 2.51. The van der Waals surface area contributed by atoms with Gasteiger partial charge >= 0.3 is 12.2 Å². The summed E-state index contributed by atoms with van der Waals surface area (Å²) < 4.78 is 10.6. The molecule has 3 fully saturated rings. The number of hydrogen-bond acceptors (Lipinski definition) is 5. The third kappa shape index (κ3) is 3.68. The number of carbonyl (C=O) groups is 2. The van der Waals surface area contributed by atoms with Crippen molar-refractivity contribution < 1.29 is 19.1 Å². The summed E-state index contributed by atoms with van der Waals surface area (Å²) >= 11 is 0. The highest BCUT2D eigenvalue weighted by atomic mass is 16.6. The van der Waals surface area contributed by atoms with Crippen molar-refractivity contribution in [3.05, 3.63) is 35.9 Å². The van der Waals surface area contributed by atoms with E-state index in [1.807, 2.05) is 30.0 Å². The molecule has 3 aliphatic heterocycles. The second-order valence-corrected chi connectivity index (χ2v) is 7.98. The quantitative estimate of drug-likeness (QED) is 0.794. The van der Waals surface area contributed by atoms with Crippen LogP contribution < -0.4 is 0 Å². The zero-order chi connectivity index (χ0) is 19.6. The fraction of sp³-hybridized carbons (Fsp3) is 0.619. The molecular weight excluding hydrogens is 358 g/mol. The van der Waals surface area contributed by atoms with Gasteiger partial charge in [-0.2, -0.15) is 0 Å². The Morgan fingerprint density at radius 2 is 1.93 bits per heavy atom. The molecular formula is C21H29N3O4. The molecule has 1 aromatic rings. The monoisotopic (exact) mass is 387 g/mol. The number of nitrogens with zero attached hydrogens (tertiary/aromatic N) is 3. The average molecular weight is 387 g/mol. The molecule has 0 radical (unpaired) electrons. The van der Waals surface area contributed by atoms with Gasteiger partial charge in [-0.15, -0.1) is 0 Å². The summed E-state index contributed by atoms with van der Waals surface area (Å²) in [7, 11) is 0. The van der Waals surface area contributed by atoms with Crippen LogP contribution in [-0.2, 0) is 15.9 Å². The van der Waals surface area contributed by atoms with Crippen LogP contribution in [0.4, 0.5) is 9.59 Å². The maximum Gasteiger partial charge on any atom is 0.410 e. The van der Waals surface area contributed by atoms with Gasteiger partial charge in [-0.25, -0.2) is 9.59 Å². The van der Waals surface area contributed by atoms with Crippen LogP contribution in [-0.4, -0.2) is 84.4 Å². The van der Waals surface area contributed by atoms with Gasteiger partial charge in [0.15, 0.2) is 0 Å². The van der Waals surface area contributed by atoms with Crippen LogP contribution in [0.2, 0.25) is 0 Å². The van der Waals surface area contributed by atoms with Crippen molar-refractivity contribution in [3.8, 4) is 0 Å². The smallest absolute Gasteiger partial charge is 0.410 e. The minimum atomic E-state index is -0.297. The summed E-state index contributed by atoms with van der Waals surface area (Å²) in [5, 5.41) is 0. The minimum Gasteiger partial charge on any atom is -0.450 e. The molecule has 0 bridgehead atoms. The molecule has 0 N–H and O–H groups in total. The van der Waals surface area contributed by atoms with Gasteiger partial charge in [-0.3, -0.25) is 9.80 Å². The fourth-order valence-electron chi connectivity index (χ4n) is 4.81. The molecule has 3 heterocycles. The van der Waals surface area contributed by atoms with Crippen LogP contribution in [0, 0.1) is 0 Å². The summed E-state index contributed by atoms with van der Waals surface area (Å²) in [4.78, 5) is 30.5. The van der Waals surface area contributed by atoms with Gasteiger partial charge in [0.1, 0.15) is 6.61 Å². The van der Waals surface area contributed by atoms with Crippen LogP contribution in [0.25, 0.3) is 0 Å². The zero-order valence-electron chi connectivity index (χ0n) is 16.5. The lowest BCUT2D eigenvalue weighted by molar-refractivity contribution is 0.00779. The van der Waals surface area contributed by atoms with Gasteiger partial charge in [0, 0.05) is 45.2 Å². The molecule has 7 heteroatoms. The van der Waals surface area contributed by atoms with E-state index >= 15 is 0 Å². The summed E-state index contributed by atoms with van der Waals surface area (Å²) in [6.45, 7) is 6.52. The lowest BCUT2D eigenvalue weighted by Crippen LogP contribution is -2.65. The standard InChI is InChI=1S/C21H29N3O4/c1-2-27-19(25)22-10-8-18(9-11-22)23-12-13-24-20(26)28-16-21(24,15-23)14-17-6-4-3-5-7-17/h3-7,18H,2,8-16H2,1H3. The van der Waals surface area contributed by atoms with E-state index in [2.05, 4.69) is 17.0 Å². The number of carbonyl (C=O) groups excluding carboxylic acids is 2. The first-order valence-electron chi connectivity index (χ1n) is 10.3. The molecule has 0 saturated carbocycles. The van der Waals surface area contributed by atoms with E-state index in [-0.39, 0.29) is 17.7 Å². The normalized spacial score (nSPS) is 26.1. The van der Waals surface area contributed by atoms with Crippen molar-refractivity contribution in [2.75, 3.05) is 45.9 Å². The summed E-state index contributed by atoms with van der Waals surface area (Å²) in [6, 6.07) is 10.8. The number of ether oxygens (including phenoxy) is 2. The Hall–Kier alpha value is -2.28. The summed E-state index contributed by atoms with van der Waals surface area (Å²) in [5.41, 5.74) is 0.930. The number of cyclic esters (lactones) is 1. The first-order chi connectivity index (χ1) is 13.6. The van der Waals surface area contributed by atoms with Gasteiger partial charge in [0.05, 0.1) is 12.1 Å². The Bertz CT molecular complexity index is 705. The molecule has 1 unspecified atom stereocenters. The van der Waals surface area contributed by atoms with E-state index in [0.29, 0.717) is 25.8 Å². The van der Waals surface area contributed by atoms with Crippen LogP contribution in [0.1, 0.15) is 25.3 Å². The number of benzene rings is 1. The van der Waals surface area contributed by atoms with E-state index < -0.39 is 0 Å². The number of likely N-dealkylation sites (tertiary alicyclic amines) is 1. The van der Waals surface area contributed by atoms with Crippen LogP contribution in [0.3, 0.4) is 0 Å². The van der Waals surface area contributed by atoms with E-state index in [0.717, 1.165) is 45.4 Å². The highest BCUT2D eigenvalue weighted by Crippen LogP contribution is 2.34. The van der Waals surface area contributed by atoms with Crippen molar-refractivity contribution in [3.63, 3.8) is 0 Å². The van der Waals surface area contributed by atoms with Gasteiger partial charge in [-0.05, 0) is 25.3 Å². The second kappa shape index (κ2) is 7.99. The SMILES string of the molecule is CCOC(=O)N1CCC(N2CCN3C(=O)OCC3(Cc3ccccc3)C2)CC1. The first-order valence-corrected chi connectivity index (χ1v) is 10.3. The highest BCUT2D eigenvalue weighted by molar-refractivity contribution is 5.71. The van der Waals surface area contributed by atoms with E-state index in [4.69, 9.17) is 9.47 Å². The van der Waals surface area contributed by atoms with E-state index in [1.165, 1.54) is 5.56 Å². The first kappa shape index (κ1) is 19.1. The molecule has 0 aromatic heterocycles. The lowest BCUT2D eigenvalue weighted by Gasteiger charge is -2.48. The number of fused-ring (bicyclic) bond motifs is 1. The van der Waals surface area contributed by atoms with Crippen molar-refractivity contribution in [2.45, 2.75) is 37.8 Å². The second-order valence-electron chi connectivity index (χ2n) is 7.98. The predicted molar refractivity (Wildman–Crippen MR) is 104 cm³/mol. The van der Waals surface area contributed by atoms with E-state index in [1.54, 1.807) is 4.90 Å². The Labute approximate surface area is 166 Å². The molecule has 3 aliphatic rings. The Morgan fingerprint density at radius 1 is 1.18 bits per heavy atom. The van der Waals surface area contributed by atoms with Crippen LogP contribution >= 0.6 is 0 Å². The predicted octanol–water partition coefficient (Wildman–Crippen LogP) is 2.36. The van der Waals surface area contributed by atoms with Gasteiger partial charge < -0.3 is 14.4 Å². The molecule has 0 aliphatic carbocycles. The average Bonchev–Trinajstić information content (AvgIpc) is 3.05. The Morgan fingerprint density at radius 3 is 2.64 bits per heavy atom. The molecule has 0 spiro atoms. The molecule has 28 heavy (non-hydrogen) atoms. The Balaban J connectivity index is 1.43. The Kier molecular flexibility index (Phi) is 5.44. The molecule has 1 atom stereocenters. The van der Waals surface area contributed by atoms with Crippen molar-refractivity contribution in [2.24, 2.45) is 0 Å². The number of amides is 2. The zero-order valence-corrected chi connectivity index (χ0v) is 16.5.